The highest BCUT2D eigenvalue weighted by molar-refractivity contribution is 6.04. The van der Waals surface area contributed by atoms with Crippen LogP contribution in [0.4, 0.5) is 0 Å². The number of carbonyl (C=O) groups is 4. The first-order valence-corrected chi connectivity index (χ1v) is 8.46. The molecule has 0 aliphatic heterocycles. The first-order chi connectivity index (χ1) is 12.9. The van der Waals surface area contributed by atoms with Gasteiger partial charge >= 0.3 is 17.9 Å². The van der Waals surface area contributed by atoms with E-state index in [9.17, 15) is 19.2 Å². The van der Waals surface area contributed by atoms with Crippen LogP contribution < -0.4 is 5.32 Å². The molecule has 0 fully saturated rings. The van der Waals surface area contributed by atoms with Gasteiger partial charge in [-0.2, -0.15) is 0 Å². The number of methoxy groups -OCH3 is 1. The maximum Gasteiger partial charge on any atom is 0.325 e. The molecule has 0 bridgehead atoms. The third-order valence-corrected chi connectivity index (χ3v) is 3.71. The van der Waals surface area contributed by atoms with E-state index in [0.29, 0.717) is 5.56 Å². The van der Waals surface area contributed by atoms with E-state index < -0.39 is 35.7 Å². The zero-order valence-corrected chi connectivity index (χ0v) is 15.6. The van der Waals surface area contributed by atoms with Crippen molar-refractivity contribution in [3.63, 3.8) is 0 Å². The summed E-state index contributed by atoms with van der Waals surface area (Å²) >= 11 is 0. The fourth-order valence-electron chi connectivity index (χ4n) is 2.40. The lowest BCUT2D eigenvalue weighted by atomic mass is 9.78. The SMILES string of the molecule is CCOC(=O)C(CC(=O)NCC(=O)OC)(Cc1ccncc1)C(=O)OCC. The average Bonchev–Trinajstić information content (AvgIpc) is 2.66. The van der Waals surface area contributed by atoms with Crippen LogP contribution in [-0.4, -0.2) is 55.7 Å². The van der Waals surface area contributed by atoms with Crippen LogP contribution in [0.15, 0.2) is 24.5 Å². The second kappa shape index (κ2) is 10.9. The fourth-order valence-corrected chi connectivity index (χ4v) is 2.40. The Balaban J connectivity index is 3.19. The molecule has 0 radical (unpaired) electrons. The van der Waals surface area contributed by atoms with Gasteiger partial charge in [-0.3, -0.25) is 24.2 Å². The molecular weight excluding hydrogens is 356 g/mol. The summed E-state index contributed by atoms with van der Waals surface area (Å²) in [6.45, 7) is 2.86. The Labute approximate surface area is 157 Å². The number of rotatable bonds is 10. The van der Waals surface area contributed by atoms with Crippen molar-refractivity contribution in [3.05, 3.63) is 30.1 Å². The highest BCUT2D eigenvalue weighted by Gasteiger charge is 2.50. The molecule has 0 unspecified atom stereocenters. The van der Waals surface area contributed by atoms with Crippen LogP contribution in [-0.2, 0) is 39.8 Å². The van der Waals surface area contributed by atoms with Crippen molar-refractivity contribution in [1.29, 1.82) is 0 Å². The monoisotopic (exact) mass is 380 g/mol. The minimum atomic E-state index is -1.88. The quantitative estimate of drug-likeness (QED) is 0.352. The summed E-state index contributed by atoms with van der Waals surface area (Å²) in [7, 11) is 1.18. The number of amides is 1. The minimum Gasteiger partial charge on any atom is -0.468 e. The Morgan fingerprint density at radius 1 is 1.04 bits per heavy atom. The predicted molar refractivity (Wildman–Crippen MR) is 93.3 cm³/mol. The van der Waals surface area contributed by atoms with Crippen molar-refractivity contribution in [2.45, 2.75) is 26.7 Å². The van der Waals surface area contributed by atoms with Gasteiger partial charge in [0.05, 0.1) is 26.7 Å². The maximum atomic E-state index is 12.7. The van der Waals surface area contributed by atoms with Gasteiger partial charge < -0.3 is 19.5 Å². The Hall–Kier alpha value is -2.97. The second-order valence-electron chi connectivity index (χ2n) is 5.58. The van der Waals surface area contributed by atoms with Gasteiger partial charge in [-0.25, -0.2) is 0 Å². The van der Waals surface area contributed by atoms with E-state index in [0.717, 1.165) is 0 Å². The highest BCUT2D eigenvalue weighted by atomic mass is 16.6. The predicted octanol–water partition coefficient (Wildman–Crippen LogP) is 0.416. The molecule has 1 aromatic heterocycles. The molecule has 148 valence electrons. The van der Waals surface area contributed by atoms with Crippen molar-refractivity contribution in [1.82, 2.24) is 10.3 Å². The maximum absolute atomic E-state index is 12.7. The zero-order valence-electron chi connectivity index (χ0n) is 15.6. The van der Waals surface area contributed by atoms with Crippen LogP contribution in [0.3, 0.4) is 0 Å². The topological polar surface area (TPSA) is 121 Å². The van der Waals surface area contributed by atoms with Gasteiger partial charge in [0.1, 0.15) is 6.54 Å². The molecule has 0 saturated carbocycles. The van der Waals surface area contributed by atoms with Gasteiger partial charge in [0, 0.05) is 12.4 Å². The Morgan fingerprint density at radius 3 is 2.07 bits per heavy atom. The van der Waals surface area contributed by atoms with Gasteiger partial charge in [-0.05, 0) is 38.0 Å². The molecule has 0 aliphatic carbocycles. The van der Waals surface area contributed by atoms with Crippen LogP contribution in [0.5, 0.6) is 0 Å². The first-order valence-electron chi connectivity index (χ1n) is 8.46. The normalized spacial score (nSPS) is 10.6. The lowest BCUT2D eigenvalue weighted by molar-refractivity contribution is -0.174. The highest BCUT2D eigenvalue weighted by Crippen LogP contribution is 2.31. The van der Waals surface area contributed by atoms with Crippen LogP contribution in [0.25, 0.3) is 0 Å². The molecule has 9 nitrogen and oxygen atoms in total. The molecule has 0 aliphatic rings. The summed E-state index contributed by atoms with van der Waals surface area (Å²) in [6, 6.07) is 3.25. The Morgan fingerprint density at radius 2 is 1.59 bits per heavy atom. The van der Waals surface area contributed by atoms with E-state index >= 15 is 0 Å². The standard InChI is InChI=1S/C18H24N2O7/c1-4-26-16(23)18(17(24)27-5-2,10-13-6-8-19-9-7-13)11-14(21)20-12-15(22)25-3/h6-9H,4-5,10-12H2,1-3H3,(H,20,21). The molecule has 0 atom stereocenters. The van der Waals surface area contributed by atoms with E-state index in [-0.39, 0.29) is 26.2 Å². The molecule has 1 amide bonds. The third-order valence-electron chi connectivity index (χ3n) is 3.71. The number of esters is 3. The number of pyridine rings is 1. The summed E-state index contributed by atoms with van der Waals surface area (Å²) in [6.07, 6.45) is 2.37. The second-order valence-corrected chi connectivity index (χ2v) is 5.58. The van der Waals surface area contributed by atoms with Crippen LogP contribution in [0.1, 0.15) is 25.8 Å². The van der Waals surface area contributed by atoms with Gasteiger partial charge in [0.15, 0.2) is 5.41 Å². The summed E-state index contributed by atoms with van der Waals surface area (Å²) in [5.74, 6) is -3.08. The van der Waals surface area contributed by atoms with E-state index in [1.54, 1.807) is 26.0 Å². The van der Waals surface area contributed by atoms with Gasteiger partial charge in [-0.15, -0.1) is 0 Å². The number of ether oxygens (including phenoxy) is 3. The Kier molecular flexibility index (Phi) is 8.91. The number of carbonyl (C=O) groups excluding carboxylic acids is 4. The molecule has 9 heteroatoms. The summed E-state index contributed by atoms with van der Waals surface area (Å²) in [5, 5.41) is 2.33. The van der Waals surface area contributed by atoms with Crippen LogP contribution in [0, 0.1) is 5.41 Å². The molecule has 27 heavy (non-hydrogen) atoms. The largest absolute Gasteiger partial charge is 0.468 e. The lowest BCUT2D eigenvalue weighted by Gasteiger charge is -2.28. The van der Waals surface area contributed by atoms with Gasteiger partial charge in [-0.1, -0.05) is 0 Å². The fraction of sp³-hybridized carbons (Fsp3) is 0.500. The zero-order chi connectivity index (χ0) is 20.3. The number of nitrogens with one attached hydrogen (secondary N) is 1. The third kappa shape index (κ3) is 6.36. The summed E-state index contributed by atoms with van der Waals surface area (Å²) in [4.78, 5) is 52.9. The smallest absolute Gasteiger partial charge is 0.325 e. The first kappa shape index (κ1) is 22.1. The van der Waals surface area contributed by atoms with E-state index in [1.807, 2.05) is 0 Å². The van der Waals surface area contributed by atoms with E-state index in [4.69, 9.17) is 9.47 Å². The Bertz CT molecular complexity index is 643. The number of hydrogen-bond donors (Lipinski definition) is 1. The van der Waals surface area contributed by atoms with Gasteiger partial charge in [0.25, 0.3) is 0 Å². The number of nitrogens with zero attached hydrogens (tertiary/aromatic N) is 1. The van der Waals surface area contributed by atoms with Crippen molar-refractivity contribution < 1.29 is 33.4 Å². The van der Waals surface area contributed by atoms with Crippen LogP contribution >= 0.6 is 0 Å². The molecule has 0 aromatic carbocycles. The van der Waals surface area contributed by atoms with Crippen molar-refractivity contribution in [2.24, 2.45) is 5.41 Å². The number of aromatic nitrogens is 1. The number of hydrogen-bond acceptors (Lipinski definition) is 8. The summed E-state index contributed by atoms with van der Waals surface area (Å²) in [5.41, 5.74) is -1.28. The lowest BCUT2D eigenvalue weighted by Crippen LogP contribution is -2.48. The van der Waals surface area contributed by atoms with Crippen molar-refractivity contribution in [2.75, 3.05) is 26.9 Å². The molecular formula is C18H24N2O7. The molecule has 0 saturated heterocycles. The van der Waals surface area contributed by atoms with E-state index in [1.165, 1.54) is 19.5 Å². The average molecular weight is 380 g/mol. The molecule has 1 heterocycles. The van der Waals surface area contributed by atoms with Crippen molar-refractivity contribution in [3.8, 4) is 0 Å². The van der Waals surface area contributed by atoms with Crippen molar-refractivity contribution >= 4 is 23.8 Å². The summed E-state index contributed by atoms with van der Waals surface area (Å²) < 4.78 is 14.6. The van der Waals surface area contributed by atoms with E-state index in [2.05, 4.69) is 15.0 Å². The molecule has 1 aromatic rings. The molecule has 1 N–H and O–H groups in total. The molecule has 1 rings (SSSR count). The van der Waals surface area contributed by atoms with Crippen LogP contribution in [0.2, 0.25) is 0 Å². The van der Waals surface area contributed by atoms with Gasteiger partial charge in [0.2, 0.25) is 5.91 Å². The molecule has 0 spiro atoms. The minimum absolute atomic E-state index is 0.0279.